The van der Waals surface area contributed by atoms with Gasteiger partial charge < -0.3 is 19.5 Å². The number of amides is 1. The molecule has 9 nitrogen and oxygen atoms in total. The first-order chi connectivity index (χ1) is 16.2. The lowest BCUT2D eigenvalue weighted by atomic mass is 10.2. The van der Waals surface area contributed by atoms with Gasteiger partial charge in [-0.15, -0.1) is 0 Å². The molecule has 2 aromatic carbocycles. The van der Waals surface area contributed by atoms with Crippen LogP contribution < -0.4 is 24.2 Å². The van der Waals surface area contributed by atoms with Crippen LogP contribution in [0.4, 0.5) is 5.69 Å². The van der Waals surface area contributed by atoms with Crippen molar-refractivity contribution in [2.24, 2.45) is 0 Å². The van der Waals surface area contributed by atoms with Gasteiger partial charge in [0.2, 0.25) is 10.0 Å². The number of anilines is 1. The number of pyridine rings is 1. The molecule has 0 bridgehead atoms. The minimum Gasteiger partial charge on any atom is -0.495 e. The molecule has 3 aromatic rings. The molecule has 0 spiro atoms. The van der Waals surface area contributed by atoms with Gasteiger partial charge in [-0.05, 0) is 61.9 Å². The average Bonchev–Trinajstić information content (AvgIpc) is 2.82. The van der Waals surface area contributed by atoms with Crippen molar-refractivity contribution in [2.75, 3.05) is 19.5 Å². The minimum atomic E-state index is -3.88. The predicted octanol–water partition coefficient (Wildman–Crippen LogP) is 3.62. The summed E-state index contributed by atoms with van der Waals surface area (Å²) < 4.78 is 44.3. The number of methoxy groups -OCH3 is 2. The van der Waals surface area contributed by atoms with E-state index in [2.05, 4.69) is 15.0 Å². The zero-order valence-electron chi connectivity index (χ0n) is 19.4. The summed E-state index contributed by atoms with van der Waals surface area (Å²) in [5, 5.41) is 2.76. The van der Waals surface area contributed by atoms with Crippen molar-refractivity contribution in [3.8, 4) is 17.2 Å². The second-order valence-corrected chi connectivity index (χ2v) is 9.29. The lowest BCUT2D eigenvalue weighted by molar-refractivity contribution is 0.102. The Bertz CT molecular complexity index is 1250. The van der Waals surface area contributed by atoms with Gasteiger partial charge in [0.25, 0.3) is 5.91 Å². The summed E-state index contributed by atoms with van der Waals surface area (Å²) in [4.78, 5) is 16.8. The van der Waals surface area contributed by atoms with Crippen molar-refractivity contribution in [1.29, 1.82) is 0 Å². The normalized spacial score (nSPS) is 11.2. The maximum Gasteiger partial charge on any atom is 0.255 e. The molecule has 10 heteroatoms. The molecule has 0 saturated carbocycles. The number of carbonyl (C=O) groups is 1. The first-order valence-electron chi connectivity index (χ1n) is 10.4. The van der Waals surface area contributed by atoms with Gasteiger partial charge in [0.1, 0.15) is 17.3 Å². The van der Waals surface area contributed by atoms with Crippen molar-refractivity contribution in [3.05, 3.63) is 72.1 Å². The minimum absolute atomic E-state index is 0.118. The summed E-state index contributed by atoms with van der Waals surface area (Å²) in [6, 6.07) is 12.5. The molecule has 0 aliphatic rings. The number of carbonyl (C=O) groups excluding carboxylic acids is 1. The van der Waals surface area contributed by atoms with Crippen LogP contribution >= 0.6 is 0 Å². The molecule has 0 unspecified atom stereocenters. The van der Waals surface area contributed by atoms with E-state index in [1.807, 2.05) is 12.1 Å². The van der Waals surface area contributed by atoms with Gasteiger partial charge in [0.05, 0.1) is 14.2 Å². The number of hydrogen-bond donors (Lipinski definition) is 2. The van der Waals surface area contributed by atoms with Gasteiger partial charge in [-0.1, -0.05) is 0 Å². The van der Waals surface area contributed by atoms with Crippen molar-refractivity contribution in [2.45, 2.75) is 31.4 Å². The molecule has 0 fully saturated rings. The molecule has 1 aromatic heterocycles. The topological polar surface area (TPSA) is 116 Å². The van der Waals surface area contributed by atoms with E-state index in [1.54, 1.807) is 44.4 Å². The molecule has 2 N–H and O–H groups in total. The number of aromatic nitrogens is 1. The quantitative estimate of drug-likeness (QED) is 0.451. The number of nitrogens with one attached hydrogen (secondary N) is 2. The van der Waals surface area contributed by atoms with E-state index in [9.17, 15) is 13.2 Å². The van der Waals surface area contributed by atoms with Crippen LogP contribution in [0.5, 0.6) is 17.2 Å². The molecule has 0 aliphatic heterocycles. The zero-order chi connectivity index (χ0) is 24.7. The molecule has 1 heterocycles. The Hall–Kier alpha value is -3.63. The monoisotopic (exact) mass is 485 g/mol. The van der Waals surface area contributed by atoms with Crippen LogP contribution in [-0.2, 0) is 16.6 Å². The molecule has 34 heavy (non-hydrogen) atoms. The van der Waals surface area contributed by atoms with Crippen LogP contribution in [0.1, 0.15) is 29.8 Å². The second-order valence-electron chi connectivity index (χ2n) is 7.61. The van der Waals surface area contributed by atoms with E-state index in [-0.39, 0.29) is 22.3 Å². The van der Waals surface area contributed by atoms with E-state index in [0.717, 1.165) is 5.56 Å². The molecule has 0 atom stereocenters. The van der Waals surface area contributed by atoms with E-state index < -0.39 is 15.9 Å². The second kappa shape index (κ2) is 11.0. The maximum absolute atomic E-state index is 12.9. The molecular formula is C24H27N3O6S. The van der Waals surface area contributed by atoms with Gasteiger partial charge >= 0.3 is 0 Å². The van der Waals surface area contributed by atoms with Crippen LogP contribution in [-0.4, -0.2) is 39.6 Å². The molecule has 180 valence electrons. The Labute approximate surface area is 199 Å². The fourth-order valence-electron chi connectivity index (χ4n) is 3.11. The van der Waals surface area contributed by atoms with Crippen LogP contribution in [0.25, 0.3) is 0 Å². The van der Waals surface area contributed by atoms with Gasteiger partial charge in [0.15, 0.2) is 11.5 Å². The lowest BCUT2D eigenvalue weighted by Crippen LogP contribution is -2.30. The SMILES string of the molecule is COc1ccc(NC(=O)c2ccc(OC)c(S(=O)(=O)NC(C)C)c2)cc1OCc1ccncc1. The van der Waals surface area contributed by atoms with Crippen molar-refractivity contribution in [3.63, 3.8) is 0 Å². The van der Waals surface area contributed by atoms with Crippen molar-refractivity contribution >= 4 is 21.6 Å². The number of benzene rings is 2. The van der Waals surface area contributed by atoms with Crippen LogP contribution in [0.15, 0.2) is 65.8 Å². The maximum atomic E-state index is 12.9. The Morgan fingerprint density at radius 2 is 1.62 bits per heavy atom. The number of nitrogens with zero attached hydrogens (tertiary/aromatic N) is 1. The van der Waals surface area contributed by atoms with Gasteiger partial charge in [-0.3, -0.25) is 9.78 Å². The third-order valence-electron chi connectivity index (χ3n) is 4.67. The van der Waals surface area contributed by atoms with Gasteiger partial charge in [-0.2, -0.15) is 0 Å². The highest BCUT2D eigenvalue weighted by Gasteiger charge is 2.22. The average molecular weight is 486 g/mol. The number of rotatable bonds is 10. The molecule has 0 aliphatic carbocycles. The molecule has 0 radical (unpaired) electrons. The predicted molar refractivity (Wildman–Crippen MR) is 128 cm³/mol. The van der Waals surface area contributed by atoms with Crippen LogP contribution in [0, 0.1) is 0 Å². The summed E-state index contributed by atoms with van der Waals surface area (Å²) in [5.41, 5.74) is 1.53. The first kappa shape index (κ1) is 25.0. The molecular weight excluding hydrogens is 458 g/mol. The Balaban J connectivity index is 1.83. The molecule has 0 saturated heterocycles. The van der Waals surface area contributed by atoms with E-state index in [1.165, 1.54) is 32.4 Å². The first-order valence-corrected chi connectivity index (χ1v) is 11.9. The fraction of sp³-hybridized carbons (Fsp3) is 0.250. The van der Waals surface area contributed by atoms with Crippen molar-refractivity contribution in [1.82, 2.24) is 9.71 Å². The third kappa shape index (κ3) is 6.24. The Kier molecular flexibility index (Phi) is 8.08. The van der Waals surface area contributed by atoms with E-state index in [4.69, 9.17) is 14.2 Å². The largest absolute Gasteiger partial charge is 0.495 e. The van der Waals surface area contributed by atoms with Crippen molar-refractivity contribution < 1.29 is 27.4 Å². The Morgan fingerprint density at radius 1 is 0.941 bits per heavy atom. The summed E-state index contributed by atoms with van der Waals surface area (Å²) in [5.74, 6) is 0.593. The smallest absolute Gasteiger partial charge is 0.255 e. The molecule has 3 rings (SSSR count). The summed E-state index contributed by atoms with van der Waals surface area (Å²) >= 11 is 0. The van der Waals surface area contributed by atoms with Crippen LogP contribution in [0.2, 0.25) is 0 Å². The zero-order valence-corrected chi connectivity index (χ0v) is 20.2. The Morgan fingerprint density at radius 3 is 2.26 bits per heavy atom. The van der Waals surface area contributed by atoms with Gasteiger partial charge in [0, 0.05) is 35.8 Å². The van der Waals surface area contributed by atoms with Crippen LogP contribution in [0.3, 0.4) is 0 Å². The summed E-state index contributed by atoms with van der Waals surface area (Å²) in [7, 11) is -0.982. The molecule has 1 amide bonds. The number of hydrogen-bond acceptors (Lipinski definition) is 7. The number of sulfonamides is 1. The lowest BCUT2D eigenvalue weighted by Gasteiger charge is -2.15. The summed E-state index contributed by atoms with van der Waals surface area (Å²) in [6.07, 6.45) is 3.35. The number of ether oxygens (including phenoxy) is 3. The standard InChI is InChI=1S/C24H27N3O6S/c1-16(2)27-34(29,30)23-13-18(5-7-21(23)32-4)24(28)26-19-6-8-20(31-3)22(14-19)33-15-17-9-11-25-12-10-17/h5-14,16,27H,15H2,1-4H3,(H,26,28). The highest BCUT2D eigenvalue weighted by Crippen LogP contribution is 2.31. The van der Waals surface area contributed by atoms with E-state index in [0.29, 0.717) is 23.8 Å². The van der Waals surface area contributed by atoms with Gasteiger partial charge in [-0.25, -0.2) is 13.1 Å². The highest BCUT2D eigenvalue weighted by atomic mass is 32.2. The highest BCUT2D eigenvalue weighted by molar-refractivity contribution is 7.89. The van der Waals surface area contributed by atoms with E-state index >= 15 is 0 Å². The fourth-order valence-corrected chi connectivity index (χ4v) is 4.56. The summed E-state index contributed by atoms with van der Waals surface area (Å²) in [6.45, 7) is 3.70. The third-order valence-corrected chi connectivity index (χ3v) is 6.35.